The maximum absolute atomic E-state index is 11.1. The number of allylic oxidation sites excluding steroid dienone is 1. The molecule has 90 valence electrons. The number of rotatable bonds is 3. The Kier molecular flexibility index (Phi) is 3.23. The highest BCUT2D eigenvalue weighted by molar-refractivity contribution is 5.81. The van der Waals surface area contributed by atoms with Crippen LogP contribution in [0, 0.1) is 5.41 Å². The second-order valence-electron chi connectivity index (χ2n) is 4.19. The van der Waals surface area contributed by atoms with Crippen LogP contribution in [0.1, 0.15) is 13.3 Å². The van der Waals surface area contributed by atoms with Crippen LogP contribution < -0.4 is 0 Å². The normalized spacial score (nSPS) is 33.8. The Morgan fingerprint density at radius 1 is 1.56 bits per heavy atom. The molecule has 1 aliphatic rings. The number of β-amino-alcohol motifs (C(OH)–C–C–N with tert-alkyl or cyclic N) is 1. The number of carboxylic acid groups (broad SMARTS) is 2. The molecule has 0 radical (unpaired) electrons. The highest BCUT2D eigenvalue weighted by Gasteiger charge is 2.55. The summed E-state index contributed by atoms with van der Waals surface area (Å²) in [5.74, 6) is -1.25. The van der Waals surface area contributed by atoms with Crippen molar-refractivity contribution in [3.05, 3.63) is 12.7 Å². The number of aliphatic carboxylic acids is 1. The average Bonchev–Trinajstić information content (AvgIpc) is 2.40. The van der Waals surface area contributed by atoms with E-state index in [4.69, 9.17) is 10.2 Å². The Hall–Kier alpha value is -1.56. The Bertz CT molecular complexity index is 329. The van der Waals surface area contributed by atoms with Crippen molar-refractivity contribution in [2.75, 3.05) is 6.54 Å². The fourth-order valence-corrected chi connectivity index (χ4v) is 2.20. The third kappa shape index (κ3) is 1.76. The molecule has 1 aliphatic heterocycles. The molecule has 0 spiro atoms. The van der Waals surface area contributed by atoms with E-state index in [9.17, 15) is 14.7 Å². The van der Waals surface area contributed by atoms with Crippen LogP contribution in [0.15, 0.2) is 12.7 Å². The van der Waals surface area contributed by atoms with Crippen LogP contribution in [0.4, 0.5) is 4.79 Å². The van der Waals surface area contributed by atoms with Crippen LogP contribution >= 0.6 is 0 Å². The molecular formula is C10H15NO5. The summed E-state index contributed by atoms with van der Waals surface area (Å²) >= 11 is 0. The molecule has 1 amide bonds. The van der Waals surface area contributed by atoms with Crippen molar-refractivity contribution in [2.24, 2.45) is 5.41 Å². The first kappa shape index (κ1) is 12.5. The zero-order chi connectivity index (χ0) is 12.5. The predicted octanol–water partition coefficient (Wildman–Crippen LogP) is 0.376. The van der Waals surface area contributed by atoms with Gasteiger partial charge in [0.05, 0.1) is 12.6 Å². The van der Waals surface area contributed by atoms with Crippen molar-refractivity contribution in [2.45, 2.75) is 25.5 Å². The van der Waals surface area contributed by atoms with Gasteiger partial charge < -0.3 is 15.3 Å². The first-order chi connectivity index (χ1) is 7.34. The van der Waals surface area contributed by atoms with Gasteiger partial charge in [0.25, 0.3) is 0 Å². The standard InChI is InChI=1S/C10H15NO5/c1-3-4-10(2)6(12)5-11(9(15)16)7(10)8(13)14/h3,6-7,12H,1,4-5H2,2H3,(H,13,14)(H,15,16)/t6-,7-,10-/m1/s1. The van der Waals surface area contributed by atoms with E-state index in [0.717, 1.165) is 4.90 Å². The van der Waals surface area contributed by atoms with E-state index in [-0.39, 0.29) is 13.0 Å². The zero-order valence-electron chi connectivity index (χ0n) is 8.96. The molecule has 3 atom stereocenters. The third-order valence-electron chi connectivity index (χ3n) is 3.13. The Balaban J connectivity index is 3.12. The van der Waals surface area contributed by atoms with Gasteiger partial charge in [-0.3, -0.25) is 4.90 Å². The molecule has 0 aliphatic carbocycles. The van der Waals surface area contributed by atoms with E-state index in [1.807, 2.05) is 0 Å². The Labute approximate surface area is 92.8 Å². The molecule has 1 heterocycles. The lowest BCUT2D eigenvalue weighted by Gasteiger charge is -2.31. The van der Waals surface area contributed by atoms with Gasteiger partial charge in [-0.05, 0) is 6.42 Å². The predicted molar refractivity (Wildman–Crippen MR) is 55.1 cm³/mol. The second-order valence-corrected chi connectivity index (χ2v) is 4.19. The molecular weight excluding hydrogens is 214 g/mol. The van der Waals surface area contributed by atoms with Crippen LogP contribution in [0.2, 0.25) is 0 Å². The zero-order valence-corrected chi connectivity index (χ0v) is 8.96. The van der Waals surface area contributed by atoms with E-state index < -0.39 is 29.6 Å². The van der Waals surface area contributed by atoms with E-state index in [0.29, 0.717) is 0 Å². The van der Waals surface area contributed by atoms with Gasteiger partial charge in [0.2, 0.25) is 0 Å². The topological polar surface area (TPSA) is 98.1 Å². The Morgan fingerprint density at radius 2 is 2.12 bits per heavy atom. The van der Waals surface area contributed by atoms with E-state index in [2.05, 4.69) is 6.58 Å². The molecule has 0 aromatic rings. The van der Waals surface area contributed by atoms with Crippen molar-refractivity contribution in [3.63, 3.8) is 0 Å². The maximum atomic E-state index is 11.1. The summed E-state index contributed by atoms with van der Waals surface area (Å²) in [6.07, 6.45) is -0.596. The molecule has 0 saturated carbocycles. The number of aliphatic hydroxyl groups is 1. The van der Waals surface area contributed by atoms with Gasteiger partial charge in [-0.15, -0.1) is 6.58 Å². The number of hydrogen-bond donors (Lipinski definition) is 3. The third-order valence-corrected chi connectivity index (χ3v) is 3.13. The highest BCUT2D eigenvalue weighted by atomic mass is 16.4. The van der Waals surface area contributed by atoms with Crippen molar-refractivity contribution in [1.82, 2.24) is 4.90 Å². The molecule has 1 rings (SSSR count). The lowest BCUT2D eigenvalue weighted by Crippen LogP contribution is -2.47. The SMILES string of the molecule is C=CC[C@]1(C)[C@H](O)CN(C(=O)O)[C@@H]1C(=O)O. The lowest BCUT2D eigenvalue weighted by atomic mass is 9.77. The number of likely N-dealkylation sites (tertiary alicyclic amines) is 1. The molecule has 16 heavy (non-hydrogen) atoms. The highest BCUT2D eigenvalue weighted by Crippen LogP contribution is 2.40. The van der Waals surface area contributed by atoms with Crippen LogP contribution in [0.25, 0.3) is 0 Å². The monoisotopic (exact) mass is 229 g/mol. The largest absolute Gasteiger partial charge is 0.480 e. The molecule has 0 aromatic carbocycles. The Morgan fingerprint density at radius 3 is 2.50 bits per heavy atom. The lowest BCUT2D eigenvalue weighted by molar-refractivity contribution is -0.145. The van der Waals surface area contributed by atoms with Crippen molar-refractivity contribution in [1.29, 1.82) is 0 Å². The first-order valence-electron chi connectivity index (χ1n) is 4.86. The van der Waals surface area contributed by atoms with Gasteiger partial charge >= 0.3 is 12.1 Å². The molecule has 0 bridgehead atoms. The van der Waals surface area contributed by atoms with Crippen LogP contribution in [-0.4, -0.2) is 51.0 Å². The molecule has 0 unspecified atom stereocenters. The van der Waals surface area contributed by atoms with Crippen molar-refractivity contribution in [3.8, 4) is 0 Å². The minimum absolute atomic E-state index is 0.184. The quantitative estimate of drug-likeness (QED) is 0.607. The molecule has 1 saturated heterocycles. The summed E-state index contributed by atoms with van der Waals surface area (Å²) in [4.78, 5) is 22.7. The van der Waals surface area contributed by atoms with E-state index >= 15 is 0 Å². The number of carbonyl (C=O) groups is 2. The summed E-state index contributed by atoms with van der Waals surface area (Å²) in [6, 6.07) is -1.24. The van der Waals surface area contributed by atoms with Gasteiger partial charge in [-0.2, -0.15) is 0 Å². The second kappa shape index (κ2) is 4.13. The fourth-order valence-electron chi connectivity index (χ4n) is 2.20. The number of hydrogen-bond acceptors (Lipinski definition) is 3. The number of amides is 1. The number of nitrogens with zero attached hydrogens (tertiary/aromatic N) is 1. The van der Waals surface area contributed by atoms with Crippen molar-refractivity contribution < 1.29 is 24.9 Å². The number of carboxylic acids is 1. The fraction of sp³-hybridized carbons (Fsp3) is 0.600. The van der Waals surface area contributed by atoms with Gasteiger partial charge in [-0.1, -0.05) is 13.0 Å². The minimum Gasteiger partial charge on any atom is -0.480 e. The van der Waals surface area contributed by atoms with Gasteiger partial charge in [-0.25, -0.2) is 9.59 Å². The molecule has 6 nitrogen and oxygen atoms in total. The first-order valence-corrected chi connectivity index (χ1v) is 4.86. The van der Waals surface area contributed by atoms with E-state index in [1.165, 1.54) is 6.08 Å². The van der Waals surface area contributed by atoms with Gasteiger partial charge in [0.1, 0.15) is 6.04 Å². The molecule has 1 fully saturated rings. The van der Waals surface area contributed by atoms with Gasteiger partial charge in [0.15, 0.2) is 0 Å². The summed E-state index contributed by atoms with van der Waals surface area (Å²) in [6.45, 7) is 4.87. The molecule has 3 N–H and O–H groups in total. The molecule has 6 heteroatoms. The van der Waals surface area contributed by atoms with Gasteiger partial charge in [0, 0.05) is 5.41 Å². The van der Waals surface area contributed by atoms with Crippen LogP contribution in [0.5, 0.6) is 0 Å². The van der Waals surface area contributed by atoms with Crippen molar-refractivity contribution >= 4 is 12.1 Å². The summed E-state index contributed by atoms with van der Waals surface area (Å²) in [5.41, 5.74) is -1.02. The smallest absolute Gasteiger partial charge is 0.408 e. The van der Waals surface area contributed by atoms with E-state index in [1.54, 1.807) is 6.92 Å². The minimum atomic E-state index is -1.33. The maximum Gasteiger partial charge on any atom is 0.408 e. The average molecular weight is 229 g/mol. The summed E-state index contributed by atoms with van der Waals surface area (Å²) < 4.78 is 0. The summed E-state index contributed by atoms with van der Waals surface area (Å²) in [7, 11) is 0. The van der Waals surface area contributed by atoms with Crippen LogP contribution in [0.3, 0.4) is 0 Å². The summed E-state index contributed by atoms with van der Waals surface area (Å²) in [5, 5.41) is 27.7. The van der Waals surface area contributed by atoms with Crippen LogP contribution in [-0.2, 0) is 4.79 Å². The number of aliphatic hydroxyl groups excluding tert-OH is 1. The molecule has 0 aromatic heterocycles.